The van der Waals surface area contributed by atoms with E-state index >= 15 is 0 Å². The average molecular weight is 192 g/mol. The van der Waals surface area contributed by atoms with Crippen LogP contribution in [0.5, 0.6) is 0 Å². The van der Waals surface area contributed by atoms with Crippen molar-refractivity contribution in [1.29, 1.82) is 0 Å². The van der Waals surface area contributed by atoms with Gasteiger partial charge in [0.15, 0.2) is 0 Å². The van der Waals surface area contributed by atoms with Gasteiger partial charge in [-0.1, -0.05) is 13.8 Å². The summed E-state index contributed by atoms with van der Waals surface area (Å²) in [5, 5.41) is 9.54. The number of hydrogen-bond acceptors (Lipinski definition) is 2. The number of rotatable bonds is 0. The van der Waals surface area contributed by atoms with E-state index in [0.29, 0.717) is 0 Å². The second-order valence-electron chi connectivity index (χ2n) is 4.77. The van der Waals surface area contributed by atoms with Gasteiger partial charge in [0, 0.05) is 5.54 Å². The summed E-state index contributed by atoms with van der Waals surface area (Å²) >= 11 is 6.03. The molecule has 0 radical (unpaired) electrons. The Morgan fingerprint density at radius 1 is 1.33 bits per heavy atom. The third kappa shape index (κ3) is 1.36. The fourth-order valence-electron chi connectivity index (χ4n) is 1.57. The first-order valence-corrected chi connectivity index (χ1v) is 4.76. The Morgan fingerprint density at radius 3 is 2.25 bits per heavy atom. The third-order valence-corrected chi connectivity index (χ3v) is 4.13. The molecule has 1 atom stereocenters. The van der Waals surface area contributed by atoms with Crippen molar-refractivity contribution in [3.8, 4) is 0 Å². The van der Waals surface area contributed by atoms with Crippen molar-refractivity contribution in [1.82, 2.24) is 4.42 Å². The molecule has 72 valence electrons. The Hall–Kier alpha value is 0.210. The highest BCUT2D eigenvalue weighted by atomic mass is 35.5. The standard InChI is InChI=1S/C9H18ClNO/c1-8(2)6-5-7(12)11(10)9(8,3)4/h7,12H,5-6H2,1-4H3. The second-order valence-corrected chi connectivity index (χ2v) is 5.14. The van der Waals surface area contributed by atoms with Crippen LogP contribution in [-0.2, 0) is 0 Å². The average Bonchev–Trinajstić information content (AvgIpc) is 1.96. The topological polar surface area (TPSA) is 23.5 Å². The van der Waals surface area contributed by atoms with Crippen molar-refractivity contribution in [3.63, 3.8) is 0 Å². The molecule has 1 rings (SSSR count). The van der Waals surface area contributed by atoms with E-state index in [0.717, 1.165) is 12.8 Å². The molecule has 1 heterocycles. The molecule has 12 heavy (non-hydrogen) atoms. The Kier molecular flexibility index (Phi) is 2.45. The predicted molar refractivity (Wildman–Crippen MR) is 50.8 cm³/mol. The van der Waals surface area contributed by atoms with Crippen molar-refractivity contribution in [3.05, 3.63) is 0 Å². The summed E-state index contributed by atoms with van der Waals surface area (Å²) in [4.78, 5) is 0. The van der Waals surface area contributed by atoms with Crippen molar-refractivity contribution >= 4 is 11.8 Å². The fraction of sp³-hybridized carbons (Fsp3) is 1.00. The van der Waals surface area contributed by atoms with Gasteiger partial charge in [0.1, 0.15) is 6.23 Å². The molecule has 1 unspecified atom stereocenters. The molecule has 2 nitrogen and oxygen atoms in total. The van der Waals surface area contributed by atoms with Crippen molar-refractivity contribution in [2.24, 2.45) is 5.41 Å². The second kappa shape index (κ2) is 2.86. The SMILES string of the molecule is CC1(C)CCC(O)N(Cl)C1(C)C. The highest BCUT2D eigenvalue weighted by Gasteiger charge is 2.47. The van der Waals surface area contributed by atoms with Crippen LogP contribution in [0.4, 0.5) is 0 Å². The lowest BCUT2D eigenvalue weighted by atomic mass is 9.69. The van der Waals surface area contributed by atoms with Crippen molar-refractivity contribution < 1.29 is 5.11 Å². The zero-order valence-corrected chi connectivity index (χ0v) is 9.02. The Bertz CT molecular complexity index is 179. The first-order valence-electron chi connectivity index (χ1n) is 4.42. The van der Waals surface area contributed by atoms with E-state index in [2.05, 4.69) is 27.7 Å². The van der Waals surface area contributed by atoms with Crippen molar-refractivity contribution in [2.75, 3.05) is 0 Å². The molecule has 1 saturated heterocycles. The number of aliphatic hydroxyl groups excluding tert-OH is 1. The van der Waals surface area contributed by atoms with Gasteiger partial charge in [-0.15, -0.1) is 0 Å². The molecule has 0 aromatic heterocycles. The van der Waals surface area contributed by atoms with Crippen LogP contribution in [0, 0.1) is 5.41 Å². The van der Waals surface area contributed by atoms with E-state index < -0.39 is 6.23 Å². The zero-order valence-electron chi connectivity index (χ0n) is 8.26. The van der Waals surface area contributed by atoms with E-state index in [1.807, 2.05) is 0 Å². The Labute approximate surface area is 79.6 Å². The third-order valence-electron chi connectivity index (χ3n) is 3.48. The minimum Gasteiger partial charge on any atom is -0.377 e. The fourth-order valence-corrected chi connectivity index (χ4v) is 1.90. The molecule has 1 aliphatic rings. The smallest absolute Gasteiger partial charge is 0.121 e. The van der Waals surface area contributed by atoms with Crippen LogP contribution in [0.1, 0.15) is 40.5 Å². The molecule has 3 heteroatoms. The number of piperidine rings is 1. The monoisotopic (exact) mass is 191 g/mol. The molecular formula is C9H18ClNO. The number of hydrogen-bond donors (Lipinski definition) is 1. The lowest BCUT2D eigenvalue weighted by molar-refractivity contribution is -0.0903. The first kappa shape index (κ1) is 10.3. The number of nitrogens with zero attached hydrogens (tertiary/aromatic N) is 1. The summed E-state index contributed by atoms with van der Waals surface area (Å²) in [5.41, 5.74) is 0.0141. The quantitative estimate of drug-likeness (QED) is 0.595. The maximum atomic E-state index is 9.54. The minimum atomic E-state index is -0.491. The summed E-state index contributed by atoms with van der Waals surface area (Å²) in [6.07, 6.45) is 1.29. The van der Waals surface area contributed by atoms with Crippen LogP contribution in [0.15, 0.2) is 0 Å². The van der Waals surface area contributed by atoms with Gasteiger partial charge in [0.05, 0.1) is 0 Å². The molecule has 0 bridgehead atoms. The van der Waals surface area contributed by atoms with Gasteiger partial charge in [-0.05, 0) is 43.9 Å². The summed E-state index contributed by atoms with van der Waals surface area (Å²) in [5.74, 6) is 0. The Morgan fingerprint density at radius 2 is 1.83 bits per heavy atom. The van der Waals surface area contributed by atoms with Crippen LogP contribution < -0.4 is 0 Å². The normalized spacial score (nSPS) is 35.0. The molecule has 1 fully saturated rings. The first-order chi connectivity index (χ1) is 5.29. The maximum Gasteiger partial charge on any atom is 0.121 e. The summed E-state index contributed by atoms with van der Waals surface area (Å²) < 4.78 is 1.55. The van der Waals surface area contributed by atoms with Gasteiger partial charge in [0.25, 0.3) is 0 Å². The molecule has 0 amide bonds. The van der Waals surface area contributed by atoms with Crippen LogP contribution in [-0.4, -0.2) is 21.3 Å². The van der Waals surface area contributed by atoms with Crippen LogP contribution in [0.2, 0.25) is 0 Å². The zero-order chi connectivity index (χ0) is 9.57. The van der Waals surface area contributed by atoms with E-state index in [9.17, 15) is 5.11 Å². The maximum absolute atomic E-state index is 9.54. The minimum absolute atomic E-state index is 0.147. The summed E-state index contributed by atoms with van der Waals surface area (Å²) in [6.45, 7) is 8.52. The highest BCUT2D eigenvalue weighted by molar-refractivity contribution is 6.14. The van der Waals surface area contributed by atoms with E-state index in [4.69, 9.17) is 11.8 Å². The number of halogens is 1. The van der Waals surface area contributed by atoms with Crippen LogP contribution in [0.3, 0.4) is 0 Å². The van der Waals surface area contributed by atoms with Gasteiger partial charge in [-0.2, -0.15) is 4.42 Å². The van der Waals surface area contributed by atoms with Gasteiger partial charge in [-0.3, -0.25) is 0 Å². The number of aliphatic hydroxyl groups is 1. The molecule has 1 aliphatic heterocycles. The summed E-state index contributed by atoms with van der Waals surface area (Å²) in [7, 11) is 0. The van der Waals surface area contributed by atoms with Crippen molar-refractivity contribution in [2.45, 2.75) is 52.3 Å². The lowest BCUT2D eigenvalue weighted by Crippen LogP contribution is -2.57. The summed E-state index contributed by atoms with van der Waals surface area (Å²) in [6, 6.07) is 0. The molecular weight excluding hydrogens is 174 g/mol. The molecule has 1 N–H and O–H groups in total. The van der Waals surface area contributed by atoms with Gasteiger partial charge in [-0.25, -0.2) is 0 Å². The predicted octanol–water partition coefficient (Wildman–Crippen LogP) is 2.36. The highest BCUT2D eigenvalue weighted by Crippen LogP contribution is 2.45. The van der Waals surface area contributed by atoms with Gasteiger partial charge >= 0.3 is 0 Å². The molecule has 0 aromatic rings. The van der Waals surface area contributed by atoms with Crippen LogP contribution in [0.25, 0.3) is 0 Å². The van der Waals surface area contributed by atoms with E-state index in [1.165, 1.54) is 0 Å². The van der Waals surface area contributed by atoms with Gasteiger partial charge < -0.3 is 5.11 Å². The van der Waals surface area contributed by atoms with Gasteiger partial charge in [0.2, 0.25) is 0 Å². The van der Waals surface area contributed by atoms with Crippen LogP contribution >= 0.6 is 11.8 Å². The largest absolute Gasteiger partial charge is 0.377 e. The Balaban J connectivity index is 2.88. The van der Waals surface area contributed by atoms with E-state index in [-0.39, 0.29) is 11.0 Å². The molecule has 0 aromatic carbocycles. The van der Waals surface area contributed by atoms with E-state index in [1.54, 1.807) is 4.42 Å². The molecule has 0 aliphatic carbocycles. The lowest BCUT2D eigenvalue weighted by Gasteiger charge is -2.52. The molecule has 0 saturated carbocycles. The molecule has 0 spiro atoms.